The van der Waals surface area contributed by atoms with Crippen LogP contribution in [0, 0.1) is 0 Å². The maximum absolute atomic E-state index is 12.2. The van der Waals surface area contributed by atoms with Crippen molar-refractivity contribution in [3.8, 4) is 33.9 Å². The van der Waals surface area contributed by atoms with Crippen LogP contribution in [0.1, 0.15) is 30.4 Å². The van der Waals surface area contributed by atoms with E-state index >= 15 is 0 Å². The highest BCUT2D eigenvalue weighted by Gasteiger charge is 2.18. The lowest BCUT2D eigenvalue weighted by Gasteiger charge is -2.12. The van der Waals surface area contributed by atoms with E-state index in [1.165, 1.54) is 0 Å². The molecule has 0 saturated heterocycles. The van der Waals surface area contributed by atoms with Crippen LogP contribution < -0.4 is 5.73 Å². The predicted molar refractivity (Wildman–Crippen MR) is 109 cm³/mol. The molecule has 4 rings (SSSR count). The highest BCUT2D eigenvalue weighted by Crippen LogP contribution is 2.28. The maximum atomic E-state index is 12.2. The second-order valence-corrected chi connectivity index (χ2v) is 6.78. The maximum Gasteiger partial charge on any atom is 0.268 e. The van der Waals surface area contributed by atoms with Gasteiger partial charge in [0, 0.05) is 35.8 Å². The van der Waals surface area contributed by atoms with Crippen molar-refractivity contribution in [2.75, 3.05) is 0 Å². The lowest BCUT2D eigenvalue weighted by molar-refractivity contribution is 0.0996. The Hall–Kier alpha value is -3.94. The largest absolute Gasteiger partial charge is 0.364 e. The van der Waals surface area contributed by atoms with Gasteiger partial charge in [0.05, 0.1) is 5.69 Å². The van der Waals surface area contributed by atoms with E-state index in [-0.39, 0.29) is 11.7 Å². The summed E-state index contributed by atoms with van der Waals surface area (Å²) in [7, 11) is 0. The Kier molecular flexibility index (Phi) is 4.82. The summed E-state index contributed by atoms with van der Waals surface area (Å²) < 4.78 is 1.88. The minimum Gasteiger partial charge on any atom is -0.364 e. The van der Waals surface area contributed by atoms with Crippen LogP contribution in [0.15, 0.2) is 61.3 Å². The standard InChI is InChI=1S/C21H19N7O/c1-13(2)28-12-25-27-21(28)17-6-5-16(19(26-17)20(22)29)18-10-14(7-9-24-18)15-4-3-8-23-11-15/h3-13H,1-2H3,(H2,22,29). The molecular formula is C21H19N7O. The molecule has 0 aliphatic carbocycles. The zero-order valence-corrected chi connectivity index (χ0v) is 16.0. The molecule has 0 aromatic carbocycles. The third-order valence-corrected chi connectivity index (χ3v) is 4.52. The van der Waals surface area contributed by atoms with Crippen LogP contribution in [0.4, 0.5) is 0 Å². The fourth-order valence-electron chi connectivity index (χ4n) is 3.07. The molecule has 0 fully saturated rings. The van der Waals surface area contributed by atoms with Gasteiger partial charge < -0.3 is 10.3 Å². The van der Waals surface area contributed by atoms with Crippen LogP contribution in [-0.2, 0) is 0 Å². The molecule has 29 heavy (non-hydrogen) atoms. The molecule has 1 amide bonds. The third-order valence-electron chi connectivity index (χ3n) is 4.52. The molecule has 0 spiro atoms. The van der Waals surface area contributed by atoms with Crippen molar-refractivity contribution in [2.45, 2.75) is 19.9 Å². The van der Waals surface area contributed by atoms with Crippen LogP contribution in [0.2, 0.25) is 0 Å². The van der Waals surface area contributed by atoms with Crippen molar-refractivity contribution < 1.29 is 4.79 Å². The van der Waals surface area contributed by atoms with Crippen molar-refractivity contribution >= 4 is 5.91 Å². The number of amides is 1. The van der Waals surface area contributed by atoms with Crippen LogP contribution in [-0.4, -0.2) is 35.6 Å². The van der Waals surface area contributed by atoms with Gasteiger partial charge in [-0.3, -0.25) is 14.8 Å². The van der Waals surface area contributed by atoms with Gasteiger partial charge in [0.25, 0.3) is 5.91 Å². The number of rotatable bonds is 5. The first-order chi connectivity index (χ1) is 14.0. The quantitative estimate of drug-likeness (QED) is 0.565. The van der Waals surface area contributed by atoms with Crippen molar-refractivity contribution in [2.24, 2.45) is 5.73 Å². The molecule has 0 radical (unpaired) electrons. The van der Waals surface area contributed by atoms with E-state index in [0.717, 1.165) is 11.1 Å². The lowest BCUT2D eigenvalue weighted by atomic mass is 10.0. The Morgan fingerprint density at radius 3 is 2.66 bits per heavy atom. The van der Waals surface area contributed by atoms with E-state index < -0.39 is 5.91 Å². The zero-order chi connectivity index (χ0) is 20.4. The molecule has 8 nitrogen and oxygen atoms in total. The van der Waals surface area contributed by atoms with Gasteiger partial charge in [-0.25, -0.2) is 4.98 Å². The summed E-state index contributed by atoms with van der Waals surface area (Å²) in [4.78, 5) is 25.2. The first-order valence-electron chi connectivity index (χ1n) is 9.12. The van der Waals surface area contributed by atoms with Crippen LogP contribution in [0.5, 0.6) is 0 Å². The van der Waals surface area contributed by atoms with E-state index in [1.54, 1.807) is 37.1 Å². The highest BCUT2D eigenvalue weighted by molar-refractivity contribution is 5.98. The van der Waals surface area contributed by atoms with Gasteiger partial charge in [0.2, 0.25) is 0 Å². The molecule has 0 unspecified atom stereocenters. The zero-order valence-electron chi connectivity index (χ0n) is 16.0. The van der Waals surface area contributed by atoms with Gasteiger partial charge in [-0.15, -0.1) is 10.2 Å². The average Bonchev–Trinajstić information content (AvgIpc) is 3.24. The van der Waals surface area contributed by atoms with Gasteiger partial charge in [-0.1, -0.05) is 6.07 Å². The lowest BCUT2D eigenvalue weighted by Crippen LogP contribution is -2.16. The first kappa shape index (κ1) is 18.4. The molecule has 4 heterocycles. The number of nitrogens with zero attached hydrogens (tertiary/aromatic N) is 6. The number of hydrogen-bond acceptors (Lipinski definition) is 6. The monoisotopic (exact) mass is 385 g/mol. The number of primary amides is 1. The van der Waals surface area contributed by atoms with Gasteiger partial charge in [0.1, 0.15) is 17.7 Å². The van der Waals surface area contributed by atoms with Gasteiger partial charge >= 0.3 is 0 Å². The number of hydrogen-bond donors (Lipinski definition) is 1. The van der Waals surface area contributed by atoms with E-state index in [2.05, 4.69) is 25.1 Å². The Balaban J connectivity index is 1.81. The minimum atomic E-state index is -0.633. The Bertz CT molecular complexity index is 1170. The predicted octanol–water partition coefficient (Wildman–Crippen LogP) is 3.14. The summed E-state index contributed by atoms with van der Waals surface area (Å²) in [6, 6.07) is 11.3. The highest BCUT2D eigenvalue weighted by atomic mass is 16.1. The van der Waals surface area contributed by atoms with Crippen LogP contribution in [0.25, 0.3) is 33.9 Å². The molecule has 0 atom stereocenters. The van der Waals surface area contributed by atoms with Crippen molar-refractivity contribution in [1.82, 2.24) is 29.7 Å². The van der Waals surface area contributed by atoms with E-state index in [0.29, 0.717) is 22.8 Å². The molecule has 144 valence electrons. The second kappa shape index (κ2) is 7.59. The number of carbonyl (C=O) groups is 1. The summed E-state index contributed by atoms with van der Waals surface area (Å²) in [6.07, 6.45) is 6.81. The molecule has 4 aromatic rings. The fourth-order valence-corrected chi connectivity index (χ4v) is 3.07. The summed E-state index contributed by atoms with van der Waals surface area (Å²) >= 11 is 0. The number of pyridine rings is 3. The molecule has 4 aromatic heterocycles. The SMILES string of the molecule is CC(C)n1cnnc1-c1ccc(-c2cc(-c3cccnc3)ccn2)c(C(N)=O)n1. The third kappa shape index (κ3) is 3.60. The van der Waals surface area contributed by atoms with Crippen molar-refractivity contribution in [3.63, 3.8) is 0 Å². The van der Waals surface area contributed by atoms with Crippen LogP contribution in [0.3, 0.4) is 0 Å². The van der Waals surface area contributed by atoms with E-state index in [4.69, 9.17) is 5.73 Å². The Morgan fingerprint density at radius 2 is 1.93 bits per heavy atom. The topological polar surface area (TPSA) is 112 Å². The number of aromatic nitrogens is 6. The number of carbonyl (C=O) groups excluding carboxylic acids is 1. The fraction of sp³-hybridized carbons (Fsp3) is 0.143. The molecule has 0 aliphatic rings. The molecule has 0 saturated carbocycles. The van der Waals surface area contributed by atoms with E-state index in [1.807, 2.05) is 42.7 Å². The second-order valence-electron chi connectivity index (χ2n) is 6.78. The summed E-state index contributed by atoms with van der Waals surface area (Å²) in [5.74, 6) is -0.0582. The molecule has 0 bridgehead atoms. The summed E-state index contributed by atoms with van der Waals surface area (Å²) in [6.45, 7) is 4.04. The number of nitrogens with two attached hydrogens (primary N) is 1. The van der Waals surface area contributed by atoms with Gasteiger partial charge in [0.15, 0.2) is 5.82 Å². The minimum absolute atomic E-state index is 0.136. The molecule has 8 heteroatoms. The van der Waals surface area contributed by atoms with Gasteiger partial charge in [-0.2, -0.15) is 0 Å². The van der Waals surface area contributed by atoms with Crippen molar-refractivity contribution in [1.29, 1.82) is 0 Å². The Morgan fingerprint density at radius 1 is 1.07 bits per heavy atom. The van der Waals surface area contributed by atoms with E-state index in [9.17, 15) is 4.79 Å². The Labute approximate surface area is 167 Å². The average molecular weight is 385 g/mol. The smallest absolute Gasteiger partial charge is 0.268 e. The summed E-state index contributed by atoms with van der Waals surface area (Å²) in [5.41, 5.74) is 9.34. The molecular weight excluding hydrogens is 366 g/mol. The summed E-state index contributed by atoms with van der Waals surface area (Å²) in [5, 5.41) is 8.10. The first-order valence-corrected chi connectivity index (χ1v) is 9.12. The molecule has 0 aliphatic heterocycles. The van der Waals surface area contributed by atoms with Gasteiger partial charge in [-0.05, 0) is 49.7 Å². The van der Waals surface area contributed by atoms with Crippen molar-refractivity contribution in [3.05, 3.63) is 67.0 Å². The normalized spacial score (nSPS) is 11.0. The van der Waals surface area contributed by atoms with Crippen LogP contribution >= 0.6 is 0 Å². The molecule has 2 N–H and O–H groups in total.